The summed E-state index contributed by atoms with van der Waals surface area (Å²) < 4.78 is 34.6. The molecule has 0 aromatic rings. The van der Waals surface area contributed by atoms with Crippen LogP contribution in [0, 0.1) is 0 Å². The molecule has 0 heterocycles. The first-order valence-corrected chi connectivity index (χ1v) is 4.14. The van der Waals surface area contributed by atoms with E-state index in [2.05, 4.69) is 10.2 Å². The van der Waals surface area contributed by atoms with Gasteiger partial charge in [-0.15, -0.1) is 0 Å². The molecule has 0 fully saturated rings. The Morgan fingerprint density at radius 2 is 2.07 bits per heavy atom. The van der Waals surface area contributed by atoms with Crippen molar-refractivity contribution in [1.29, 1.82) is 0 Å². The van der Waals surface area contributed by atoms with Gasteiger partial charge in [0.15, 0.2) is 6.61 Å². The van der Waals surface area contributed by atoms with E-state index in [1.807, 2.05) is 12.4 Å². The van der Waals surface area contributed by atoms with Crippen molar-refractivity contribution in [2.75, 3.05) is 19.7 Å². The number of amides is 1. The maximum Gasteiger partial charge on any atom is 0.413 e. The summed E-state index contributed by atoms with van der Waals surface area (Å²) in [5.74, 6) is -0.394. The number of hydrogen-bond donors (Lipinski definition) is 2. The first-order chi connectivity index (χ1) is 6.45. The molecule has 0 aromatic heterocycles. The summed E-state index contributed by atoms with van der Waals surface area (Å²) in [6, 6.07) is 0. The first-order valence-electron chi connectivity index (χ1n) is 4.14. The standard InChI is InChI=1S/C7H13F3N2O2/c1-2-3-11-6(13)4-12-14-5-7(8,9)10/h12H,2-5H2,1H3,(H,11,13). The van der Waals surface area contributed by atoms with E-state index in [1.54, 1.807) is 0 Å². The molecule has 0 spiro atoms. The Kier molecular flexibility index (Phi) is 6.22. The van der Waals surface area contributed by atoms with Crippen LogP contribution in [0.25, 0.3) is 0 Å². The number of carbonyl (C=O) groups excluding carboxylic acids is 1. The summed E-state index contributed by atoms with van der Waals surface area (Å²) >= 11 is 0. The maximum atomic E-state index is 11.5. The Labute approximate surface area is 79.8 Å². The third kappa shape index (κ3) is 9.27. The van der Waals surface area contributed by atoms with Crippen molar-refractivity contribution in [1.82, 2.24) is 10.8 Å². The summed E-state index contributed by atoms with van der Waals surface area (Å²) in [5, 5.41) is 2.47. The van der Waals surface area contributed by atoms with E-state index in [0.717, 1.165) is 6.42 Å². The van der Waals surface area contributed by atoms with Gasteiger partial charge < -0.3 is 5.32 Å². The second-order valence-electron chi connectivity index (χ2n) is 2.57. The fourth-order valence-corrected chi connectivity index (χ4v) is 0.576. The zero-order valence-electron chi connectivity index (χ0n) is 7.78. The van der Waals surface area contributed by atoms with Crippen LogP contribution < -0.4 is 10.8 Å². The zero-order chi connectivity index (χ0) is 11.0. The molecule has 84 valence electrons. The molecular weight excluding hydrogens is 201 g/mol. The molecule has 0 unspecified atom stereocenters. The summed E-state index contributed by atoms with van der Waals surface area (Å²) in [6.07, 6.45) is -3.61. The molecule has 0 rings (SSSR count). The Morgan fingerprint density at radius 3 is 2.57 bits per heavy atom. The lowest BCUT2D eigenvalue weighted by Crippen LogP contribution is -2.35. The molecule has 0 atom stereocenters. The highest BCUT2D eigenvalue weighted by Crippen LogP contribution is 2.13. The minimum absolute atomic E-state index is 0.282. The summed E-state index contributed by atoms with van der Waals surface area (Å²) in [4.78, 5) is 14.8. The third-order valence-corrected chi connectivity index (χ3v) is 1.14. The molecule has 0 aliphatic rings. The van der Waals surface area contributed by atoms with Crippen molar-refractivity contribution in [3.8, 4) is 0 Å². The highest BCUT2D eigenvalue weighted by Gasteiger charge is 2.27. The molecule has 7 heteroatoms. The Hall–Kier alpha value is -0.820. The van der Waals surface area contributed by atoms with Crippen LogP contribution in [0.2, 0.25) is 0 Å². The topological polar surface area (TPSA) is 50.4 Å². The normalized spacial score (nSPS) is 11.4. The lowest BCUT2D eigenvalue weighted by Gasteiger charge is -2.08. The van der Waals surface area contributed by atoms with Gasteiger partial charge in [-0.05, 0) is 6.42 Å². The van der Waals surface area contributed by atoms with Crippen molar-refractivity contribution < 1.29 is 22.8 Å². The predicted molar refractivity (Wildman–Crippen MR) is 43.3 cm³/mol. The van der Waals surface area contributed by atoms with Crippen LogP contribution in [-0.4, -0.2) is 31.8 Å². The van der Waals surface area contributed by atoms with Crippen molar-refractivity contribution >= 4 is 5.91 Å². The average Bonchev–Trinajstić information content (AvgIpc) is 2.07. The van der Waals surface area contributed by atoms with Crippen molar-refractivity contribution in [3.63, 3.8) is 0 Å². The lowest BCUT2D eigenvalue weighted by atomic mass is 10.4. The van der Waals surface area contributed by atoms with Gasteiger partial charge in [0.2, 0.25) is 5.91 Å². The fourth-order valence-electron chi connectivity index (χ4n) is 0.576. The van der Waals surface area contributed by atoms with Gasteiger partial charge in [0.05, 0.1) is 6.54 Å². The van der Waals surface area contributed by atoms with Crippen LogP contribution in [0.3, 0.4) is 0 Å². The number of hydrogen-bond acceptors (Lipinski definition) is 3. The highest BCUT2D eigenvalue weighted by molar-refractivity contribution is 5.77. The average molecular weight is 214 g/mol. The van der Waals surface area contributed by atoms with E-state index in [-0.39, 0.29) is 6.54 Å². The first kappa shape index (κ1) is 13.2. The molecule has 0 bridgehead atoms. The van der Waals surface area contributed by atoms with E-state index in [1.165, 1.54) is 0 Å². The number of rotatable bonds is 6. The van der Waals surface area contributed by atoms with Crippen LogP contribution in [0.5, 0.6) is 0 Å². The maximum absolute atomic E-state index is 11.5. The molecule has 14 heavy (non-hydrogen) atoms. The number of alkyl halides is 3. The molecule has 4 nitrogen and oxygen atoms in total. The third-order valence-electron chi connectivity index (χ3n) is 1.14. The molecule has 0 aliphatic heterocycles. The number of carbonyl (C=O) groups is 1. The fraction of sp³-hybridized carbons (Fsp3) is 0.857. The van der Waals surface area contributed by atoms with Gasteiger partial charge in [-0.2, -0.15) is 18.7 Å². The van der Waals surface area contributed by atoms with E-state index in [0.29, 0.717) is 6.54 Å². The molecule has 1 amide bonds. The van der Waals surface area contributed by atoms with Gasteiger partial charge in [-0.3, -0.25) is 9.63 Å². The number of nitrogens with one attached hydrogen (secondary N) is 2. The minimum atomic E-state index is -4.38. The van der Waals surface area contributed by atoms with Gasteiger partial charge >= 0.3 is 6.18 Å². The molecule has 0 radical (unpaired) electrons. The van der Waals surface area contributed by atoms with Crippen LogP contribution in [0.4, 0.5) is 13.2 Å². The van der Waals surface area contributed by atoms with Crippen LogP contribution in [0.15, 0.2) is 0 Å². The molecule has 0 saturated carbocycles. The molecule has 0 aliphatic carbocycles. The SMILES string of the molecule is CCCNC(=O)CNOCC(F)(F)F. The Morgan fingerprint density at radius 1 is 1.43 bits per heavy atom. The van der Waals surface area contributed by atoms with Crippen LogP contribution >= 0.6 is 0 Å². The van der Waals surface area contributed by atoms with Crippen LogP contribution in [-0.2, 0) is 9.63 Å². The van der Waals surface area contributed by atoms with Crippen molar-refractivity contribution in [2.45, 2.75) is 19.5 Å². The molecular formula is C7H13F3N2O2. The van der Waals surface area contributed by atoms with Gasteiger partial charge in [-0.25, -0.2) is 0 Å². The smallest absolute Gasteiger partial charge is 0.355 e. The molecule has 0 aromatic carbocycles. The van der Waals surface area contributed by atoms with Crippen LogP contribution in [0.1, 0.15) is 13.3 Å². The Balaban J connectivity index is 3.32. The number of halogens is 3. The van der Waals surface area contributed by atoms with Crippen molar-refractivity contribution in [2.24, 2.45) is 0 Å². The Bertz CT molecular complexity index is 173. The zero-order valence-corrected chi connectivity index (χ0v) is 7.78. The van der Waals surface area contributed by atoms with E-state index < -0.39 is 18.7 Å². The number of hydroxylamine groups is 1. The van der Waals surface area contributed by atoms with E-state index in [9.17, 15) is 18.0 Å². The van der Waals surface area contributed by atoms with Crippen molar-refractivity contribution in [3.05, 3.63) is 0 Å². The summed E-state index contributed by atoms with van der Waals surface area (Å²) in [7, 11) is 0. The second kappa shape index (κ2) is 6.61. The predicted octanol–water partition coefficient (Wildman–Crippen LogP) is 0.596. The monoisotopic (exact) mass is 214 g/mol. The minimum Gasteiger partial charge on any atom is -0.355 e. The van der Waals surface area contributed by atoms with Gasteiger partial charge in [-0.1, -0.05) is 6.92 Å². The van der Waals surface area contributed by atoms with E-state index in [4.69, 9.17) is 0 Å². The molecule has 0 saturated heterocycles. The largest absolute Gasteiger partial charge is 0.413 e. The van der Waals surface area contributed by atoms with E-state index >= 15 is 0 Å². The summed E-state index contributed by atoms with van der Waals surface area (Å²) in [6.45, 7) is 0.678. The highest BCUT2D eigenvalue weighted by atomic mass is 19.4. The second-order valence-corrected chi connectivity index (χ2v) is 2.57. The quantitative estimate of drug-likeness (QED) is 0.502. The van der Waals surface area contributed by atoms with Gasteiger partial charge in [0, 0.05) is 6.54 Å². The van der Waals surface area contributed by atoms with Gasteiger partial charge in [0.1, 0.15) is 0 Å². The van der Waals surface area contributed by atoms with Gasteiger partial charge in [0.25, 0.3) is 0 Å². The lowest BCUT2D eigenvalue weighted by molar-refractivity contribution is -0.189. The summed E-state index contributed by atoms with van der Waals surface area (Å²) in [5.41, 5.74) is 1.92. The molecule has 2 N–H and O–H groups in total.